The Bertz CT molecular complexity index is 541. The number of rotatable bonds is 9. The van der Waals surface area contributed by atoms with Crippen LogP contribution in [0, 0.1) is 5.92 Å². The van der Waals surface area contributed by atoms with Crippen molar-refractivity contribution >= 4 is 17.6 Å². The summed E-state index contributed by atoms with van der Waals surface area (Å²) in [5, 5.41) is 18.5. The van der Waals surface area contributed by atoms with Crippen molar-refractivity contribution in [2.75, 3.05) is 18.4 Å². The molecule has 0 radical (unpaired) electrons. The summed E-state index contributed by atoms with van der Waals surface area (Å²) in [6, 6.07) is 6.66. The summed E-state index contributed by atoms with van der Waals surface area (Å²) >= 11 is 0. The van der Waals surface area contributed by atoms with E-state index < -0.39 is 0 Å². The van der Waals surface area contributed by atoms with E-state index >= 15 is 0 Å². The van der Waals surface area contributed by atoms with E-state index in [0.717, 1.165) is 18.9 Å². The van der Waals surface area contributed by atoms with Gasteiger partial charge < -0.3 is 21.1 Å². The fourth-order valence-electron chi connectivity index (χ4n) is 2.35. The minimum atomic E-state index is -0.199. The molecule has 0 spiro atoms. The van der Waals surface area contributed by atoms with Gasteiger partial charge in [0.2, 0.25) is 5.91 Å². The summed E-state index contributed by atoms with van der Waals surface area (Å²) in [6.07, 6.45) is 3.46. The summed E-state index contributed by atoms with van der Waals surface area (Å²) in [5.74, 6) is 1.34. The first-order chi connectivity index (χ1) is 11.9. The Balaban J connectivity index is 2.47. The van der Waals surface area contributed by atoms with Crippen molar-refractivity contribution in [2.24, 2.45) is 10.9 Å². The van der Waals surface area contributed by atoms with Crippen LogP contribution >= 0.6 is 0 Å². The van der Waals surface area contributed by atoms with Crippen molar-refractivity contribution in [1.29, 1.82) is 0 Å². The van der Waals surface area contributed by atoms with E-state index in [9.17, 15) is 9.90 Å². The predicted octanol–water partition coefficient (Wildman–Crippen LogP) is 3.10. The van der Waals surface area contributed by atoms with Crippen molar-refractivity contribution in [3.05, 3.63) is 24.3 Å². The van der Waals surface area contributed by atoms with Crippen LogP contribution in [0.4, 0.5) is 5.69 Å². The Morgan fingerprint density at radius 2 is 1.84 bits per heavy atom. The molecule has 1 aromatic rings. The van der Waals surface area contributed by atoms with Gasteiger partial charge in [0.1, 0.15) is 12.3 Å². The number of hydrogen-bond acceptors (Lipinski definition) is 3. The van der Waals surface area contributed by atoms with Crippen LogP contribution in [0.2, 0.25) is 0 Å². The monoisotopic (exact) mass is 348 g/mol. The molecular weight excluding hydrogens is 316 g/mol. The molecule has 140 valence electrons. The van der Waals surface area contributed by atoms with Crippen molar-refractivity contribution < 1.29 is 9.90 Å². The van der Waals surface area contributed by atoms with Crippen molar-refractivity contribution in [1.82, 2.24) is 10.6 Å². The van der Waals surface area contributed by atoms with Crippen molar-refractivity contribution in [3.63, 3.8) is 0 Å². The van der Waals surface area contributed by atoms with Gasteiger partial charge in [0.15, 0.2) is 5.96 Å². The molecule has 0 aliphatic heterocycles. The number of aromatic hydroxyl groups is 1. The van der Waals surface area contributed by atoms with E-state index in [1.54, 1.807) is 12.1 Å². The number of nitrogens with one attached hydrogen (secondary N) is 3. The van der Waals surface area contributed by atoms with Gasteiger partial charge in [0, 0.05) is 18.3 Å². The molecule has 0 bridgehead atoms. The molecule has 4 N–H and O–H groups in total. The number of anilines is 1. The maximum atomic E-state index is 12.0. The lowest BCUT2D eigenvalue weighted by Crippen LogP contribution is -2.42. The summed E-state index contributed by atoms with van der Waals surface area (Å²) in [5.41, 5.74) is 0.637. The fraction of sp³-hybridized carbons (Fsp3) is 0.579. The predicted molar refractivity (Wildman–Crippen MR) is 104 cm³/mol. The Morgan fingerprint density at radius 1 is 1.16 bits per heavy atom. The topological polar surface area (TPSA) is 85.8 Å². The van der Waals surface area contributed by atoms with Crippen LogP contribution in [0.3, 0.4) is 0 Å². The minimum absolute atomic E-state index is 0.0366. The van der Waals surface area contributed by atoms with Crippen LogP contribution in [0.5, 0.6) is 5.75 Å². The molecule has 6 heteroatoms. The minimum Gasteiger partial charge on any atom is -0.508 e. The van der Waals surface area contributed by atoms with Crippen LogP contribution in [-0.4, -0.2) is 36.1 Å². The molecule has 1 unspecified atom stereocenters. The Labute approximate surface area is 151 Å². The number of amides is 1. The summed E-state index contributed by atoms with van der Waals surface area (Å²) in [4.78, 5) is 16.3. The van der Waals surface area contributed by atoms with Gasteiger partial charge in [-0.1, -0.05) is 26.7 Å². The van der Waals surface area contributed by atoms with Gasteiger partial charge in [-0.15, -0.1) is 0 Å². The zero-order valence-corrected chi connectivity index (χ0v) is 15.8. The summed E-state index contributed by atoms with van der Waals surface area (Å²) in [7, 11) is 0. The first kappa shape index (κ1) is 20.8. The lowest BCUT2D eigenvalue weighted by molar-refractivity contribution is -0.114. The molecule has 0 fully saturated rings. The van der Waals surface area contributed by atoms with Crippen molar-refractivity contribution in [3.8, 4) is 5.75 Å². The quantitative estimate of drug-likeness (QED) is 0.314. The second-order valence-electron chi connectivity index (χ2n) is 6.66. The van der Waals surface area contributed by atoms with Crippen LogP contribution in [-0.2, 0) is 4.79 Å². The maximum absolute atomic E-state index is 12.0. The number of nitrogens with zero attached hydrogens (tertiary/aromatic N) is 1. The smallest absolute Gasteiger partial charge is 0.246 e. The van der Waals surface area contributed by atoms with Gasteiger partial charge in [-0.3, -0.25) is 4.79 Å². The van der Waals surface area contributed by atoms with Crippen LogP contribution in [0.25, 0.3) is 0 Å². The fourth-order valence-corrected chi connectivity index (χ4v) is 2.35. The molecule has 0 aromatic heterocycles. The molecular formula is C19H32N4O2. The number of carbonyl (C=O) groups is 1. The average Bonchev–Trinajstić information content (AvgIpc) is 2.54. The van der Waals surface area contributed by atoms with E-state index in [1.807, 2.05) is 6.92 Å². The van der Waals surface area contributed by atoms with E-state index in [0.29, 0.717) is 17.7 Å². The normalized spacial score (nSPS) is 12.8. The van der Waals surface area contributed by atoms with Crippen LogP contribution in [0.15, 0.2) is 29.3 Å². The largest absolute Gasteiger partial charge is 0.508 e. The van der Waals surface area contributed by atoms with Gasteiger partial charge in [-0.05, 0) is 50.5 Å². The third-order valence-electron chi connectivity index (χ3n) is 3.68. The maximum Gasteiger partial charge on any atom is 0.246 e. The molecule has 0 heterocycles. The molecule has 1 atom stereocenters. The van der Waals surface area contributed by atoms with Crippen molar-refractivity contribution in [2.45, 2.75) is 53.0 Å². The Morgan fingerprint density at radius 3 is 2.44 bits per heavy atom. The molecule has 1 rings (SSSR count). The van der Waals surface area contributed by atoms with E-state index in [-0.39, 0.29) is 18.2 Å². The van der Waals surface area contributed by atoms with Crippen LogP contribution < -0.4 is 16.0 Å². The molecule has 6 nitrogen and oxygen atoms in total. The second-order valence-corrected chi connectivity index (χ2v) is 6.66. The van der Waals surface area contributed by atoms with E-state index in [1.165, 1.54) is 25.0 Å². The summed E-state index contributed by atoms with van der Waals surface area (Å²) < 4.78 is 0. The van der Waals surface area contributed by atoms with E-state index in [2.05, 4.69) is 41.7 Å². The molecule has 0 saturated heterocycles. The molecule has 0 saturated carbocycles. The standard InChI is InChI=1S/C19H32N4O2/c1-5-20-19(22-15(4)8-6-7-14(2)3)21-13-18(25)23-16-9-11-17(24)12-10-16/h9-12,14-15,24H,5-8,13H2,1-4H3,(H,23,25)(H2,20,21,22). The number of phenolic OH excluding ortho intramolecular Hbond substituents is 1. The number of phenols is 1. The average molecular weight is 348 g/mol. The Kier molecular flexibility index (Phi) is 9.43. The lowest BCUT2D eigenvalue weighted by atomic mass is 10.0. The third kappa shape index (κ3) is 9.59. The van der Waals surface area contributed by atoms with Gasteiger partial charge >= 0.3 is 0 Å². The van der Waals surface area contributed by atoms with Gasteiger partial charge in [-0.25, -0.2) is 4.99 Å². The SMILES string of the molecule is CCNC(=NCC(=O)Nc1ccc(O)cc1)NC(C)CCCC(C)C. The molecule has 0 aliphatic rings. The number of carbonyl (C=O) groups excluding carboxylic acids is 1. The van der Waals surface area contributed by atoms with Gasteiger partial charge in [-0.2, -0.15) is 0 Å². The van der Waals surface area contributed by atoms with E-state index in [4.69, 9.17) is 0 Å². The highest BCUT2D eigenvalue weighted by Gasteiger charge is 2.07. The Hall–Kier alpha value is -2.24. The highest BCUT2D eigenvalue weighted by atomic mass is 16.3. The number of hydrogen-bond donors (Lipinski definition) is 4. The molecule has 1 aromatic carbocycles. The molecule has 25 heavy (non-hydrogen) atoms. The van der Waals surface area contributed by atoms with Crippen LogP contribution in [0.1, 0.15) is 47.0 Å². The molecule has 0 aliphatic carbocycles. The first-order valence-corrected chi connectivity index (χ1v) is 9.04. The van der Waals surface area contributed by atoms with Gasteiger partial charge in [0.05, 0.1) is 0 Å². The molecule has 1 amide bonds. The van der Waals surface area contributed by atoms with Gasteiger partial charge in [0.25, 0.3) is 0 Å². The zero-order chi connectivity index (χ0) is 18.7. The lowest BCUT2D eigenvalue weighted by Gasteiger charge is -2.18. The highest BCUT2D eigenvalue weighted by Crippen LogP contribution is 2.13. The second kappa shape index (κ2) is 11.3. The highest BCUT2D eigenvalue weighted by molar-refractivity contribution is 5.94. The zero-order valence-electron chi connectivity index (χ0n) is 15.8. The summed E-state index contributed by atoms with van der Waals surface area (Å²) in [6.45, 7) is 9.37. The number of aliphatic imine (C=N–C) groups is 1. The number of benzene rings is 1. The first-order valence-electron chi connectivity index (χ1n) is 9.04. The third-order valence-corrected chi connectivity index (χ3v) is 3.68. The number of guanidine groups is 1.